The number of carbonyl (C=O) groups is 2. The van der Waals surface area contributed by atoms with Gasteiger partial charge in [0.15, 0.2) is 5.78 Å². The van der Waals surface area contributed by atoms with E-state index in [1.165, 1.54) is 7.11 Å². The largest absolute Gasteiger partial charge is 0.465 e. The van der Waals surface area contributed by atoms with Crippen molar-refractivity contribution in [2.24, 2.45) is 0 Å². The number of ketones is 1. The maximum atomic E-state index is 12.4. The Labute approximate surface area is 145 Å². The van der Waals surface area contributed by atoms with Gasteiger partial charge in [0.25, 0.3) is 0 Å². The van der Waals surface area contributed by atoms with Crippen molar-refractivity contribution < 1.29 is 19.1 Å². The average molecular weight is 332 g/mol. The van der Waals surface area contributed by atoms with E-state index >= 15 is 0 Å². The predicted octanol–water partition coefficient (Wildman–Crippen LogP) is 4.50. The van der Waals surface area contributed by atoms with Crippen molar-refractivity contribution in [1.29, 1.82) is 0 Å². The van der Waals surface area contributed by atoms with Crippen LogP contribution in [0.4, 0.5) is 0 Å². The van der Waals surface area contributed by atoms with Crippen molar-refractivity contribution in [3.05, 3.63) is 95.6 Å². The third kappa shape index (κ3) is 3.93. The summed E-state index contributed by atoms with van der Waals surface area (Å²) in [6.07, 6.45) is 0. The van der Waals surface area contributed by atoms with E-state index in [9.17, 15) is 9.59 Å². The SMILES string of the molecule is COC(=O)c1ccc(Oc2ccc(C(=O)c3ccccc3)cc2)cc1. The van der Waals surface area contributed by atoms with Gasteiger partial charge in [0.1, 0.15) is 11.5 Å². The fourth-order valence-corrected chi connectivity index (χ4v) is 2.34. The molecule has 0 spiro atoms. The number of methoxy groups -OCH3 is 1. The first-order valence-electron chi connectivity index (χ1n) is 7.73. The van der Waals surface area contributed by atoms with Crippen LogP contribution >= 0.6 is 0 Å². The molecule has 3 aromatic carbocycles. The Morgan fingerprint density at radius 2 is 1.12 bits per heavy atom. The lowest BCUT2D eigenvalue weighted by atomic mass is 10.0. The molecule has 0 aromatic heterocycles. The smallest absolute Gasteiger partial charge is 0.337 e. The molecule has 0 atom stereocenters. The minimum absolute atomic E-state index is 0.0328. The van der Waals surface area contributed by atoms with Gasteiger partial charge in [-0.25, -0.2) is 4.79 Å². The van der Waals surface area contributed by atoms with Gasteiger partial charge in [0.05, 0.1) is 12.7 Å². The quantitative estimate of drug-likeness (QED) is 0.510. The first-order valence-corrected chi connectivity index (χ1v) is 7.73. The van der Waals surface area contributed by atoms with Crippen molar-refractivity contribution in [3.8, 4) is 11.5 Å². The van der Waals surface area contributed by atoms with Crippen LogP contribution in [0.15, 0.2) is 78.9 Å². The van der Waals surface area contributed by atoms with Crippen LogP contribution in [-0.4, -0.2) is 18.9 Å². The minimum atomic E-state index is -0.393. The highest BCUT2D eigenvalue weighted by Gasteiger charge is 2.09. The molecule has 0 N–H and O–H groups in total. The summed E-state index contributed by atoms with van der Waals surface area (Å²) in [6, 6.07) is 22.7. The fraction of sp³-hybridized carbons (Fsp3) is 0.0476. The minimum Gasteiger partial charge on any atom is -0.465 e. The van der Waals surface area contributed by atoms with E-state index in [1.54, 1.807) is 60.7 Å². The molecule has 3 rings (SSSR count). The zero-order valence-electron chi connectivity index (χ0n) is 13.6. The highest BCUT2D eigenvalue weighted by Crippen LogP contribution is 2.23. The first kappa shape index (κ1) is 16.5. The molecule has 4 heteroatoms. The third-order valence-corrected chi connectivity index (χ3v) is 3.66. The molecule has 0 amide bonds. The van der Waals surface area contributed by atoms with Gasteiger partial charge in [-0.15, -0.1) is 0 Å². The molecule has 0 saturated carbocycles. The number of benzene rings is 3. The van der Waals surface area contributed by atoms with E-state index in [1.807, 2.05) is 18.2 Å². The molecule has 124 valence electrons. The zero-order valence-corrected chi connectivity index (χ0v) is 13.6. The molecule has 0 radical (unpaired) electrons. The molecule has 0 aliphatic heterocycles. The summed E-state index contributed by atoms with van der Waals surface area (Å²) in [5.41, 5.74) is 1.70. The van der Waals surface area contributed by atoms with Crippen LogP contribution in [0.2, 0.25) is 0 Å². The van der Waals surface area contributed by atoms with Gasteiger partial charge in [0, 0.05) is 11.1 Å². The number of carbonyl (C=O) groups excluding carboxylic acids is 2. The summed E-state index contributed by atoms with van der Waals surface area (Å²) >= 11 is 0. The Balaban J connectivity index is 1.70. The maximum absolute atomic E-state index is 12.4. The van der Waals surface area contributed by atoms with E-state index in [0.717, 1.165) is 0 Å². The predicted molar refractivity (Wildman–Crippen MR) is 94.2 cm³/mol. The molecule has 0 unspecified atom stereocenters. The van der Waals surface area contributed by atoms with Crippen LogP contribution in [0.25, 0.3) is 0 Å². The fourth-order valence-electron chi connectivity index (χ4n) is 2.34. The second-order valence-electron chi connectivity index (χ2n) is 5.34. The Morgan fingerprint density at radius 3 is 1.64 bits per heavy atom. The van der Waals surface area contributed by atoms with Gasteiger partial charge in [-0.2, -0.15) is 0 Å². The molecular formula is C21H16O4. The molecule has 0 bridgehead atoms. The molecule has 0 saturated heterocycles. The van der Waals surface area contributed by atoms with Crippen molar-refractivity contribution >= 4 is 11.8 Å². The van der Waals surface area contributed by atoms with Gasteiger partial charge in [-0.05, 0) is 48.5 Å². The number of hydrogen-bond donors (Lipinski definition) is 0. The number of esters is 1. The van der Waals surface area contributed by atoms with E-state index in [4.69, 9.17) is 4.74 Å². The number of ether oxygens (including phenoxy) is 2. The Morgan fingerprint density at radius 1 is 0.640 bits per heavy atom. The van der Waals surface area contributed by atoms with E-state index in [0.29, 0.717) is 28.2 Å². The lowest BCUT2D eigenvalue weighted by Gasteiger charge is -2.07. The highest BCUT2D eigenvalue weighted by molar-refractivity contribution is 6.08. The summed E-state index contributed by atoms with van der Waals surface area (Å²) in [7, 11) is 1.34. The molecule has 25 heavy (non-hydrogen) atoms. The second kappa shape index (κ2) is 7.45. The summed E-state index contributed by atoms with van der Waals surface area (Å²) in [4.78, 5) is 23.8. The Hall–Kier alpha value is -3.40. The molecule has 0 heterocycles. The summed E-state index contributed by atoms with van der Waals surface area (Å²) in [6.45, 7) is 0. The zero-order chi connectivity index (χ0) is 17.6. The Bertz CT molecular complexity index is 866. The summed E-state index contributed by atoms with van der Waals surface area (Å²) < 4.78 is 10.4. The van der Waals surface area contributed by atoms with Gasteiger partial charge in [-0.1, -0.05) is 30.3 Å². The highest BCUT2D eigenvalue weighted by atomic mass is 16.5. The van der Waals surface area contributed by atoms with Crippen molar-refractivity contribution in [2.45, 2.75) is 0 Å². The van der Waals surface area contributed by atoms with Gasteiger partial charge in [-0.3, -0.25) is 4.79 Å². The standard InChI is InChI=1S/C21H16O4/c1-24-21(23)17-9-13-19(14-10-17)25-18-11-7-16(8-12-18)20(22)15-5-3-2-4-6-15/h2-14H,1H3. The van der Waals surface area contributed by atoms with Crippen molar-refractivity contribution in [2.75, 3.05) is 7.11 Å². The molecule has 0 aliphatic rings. The van der Waals surface area contributed by atoms with Crippen LogP contribution in [-0.2, 0) is 4.74 Å². The van der Waals surface area contributed by atoms with Crippen LogP contribution in [0.1, 0.15) is 26.3 Å². The van der Waals surface area contributed by atoms with Gasteiger partial charge >= 0.3 is 5.97 Å². The topological polar surface area (TPSA) is 52.6 Å². The number of hydrogen-bond acceptors (Lipinski definition) is 4. The second-order valence-corrected chi connectivity index (χ2v) is 5.34. The molecule has 0 aliphatic carbocycles. The van der Waals surface area contributed by atoms with Crippen molar-refractivity contribution in [3.63, 3.8) is 0 Å². The monoisotopic (exact) mass is 332 g/mol. The molecule has 0 fully saturated rings. The van der Waals surface area contributed by atoms with Crippen LogP contribution in [0.3, 0.4) is 0 Å². The van der Waals surface area contributed by atoms with Crippen molar-refractivity contribution in [1.82, 2.24) is 0 Å². The van der Waals surface area contributed by atoms with Gasteiger partial charge < -0.3 is 9.47 Å². The van der Waals surface area contributed by atoms with E-state index in [2.05, 4.69) is 4.74 Å². The third-order valence-electron chi connectivity index (χ3n) is 3.66. The summed E-state index contributed by atoms with van der Waals surface area (Å²) in [5, 5.41) is 0. The van der Waals surface area contributed by atoms with Crippen LogP contribution in [0.5, 0.6) is 11.5 Å². The number of rotatable bonds is 5. The van der Waals surface area contributed by atoms with E-state index < -0.39 is 5.97 Å². The molecule has 3 aromatic rings. The molecule has 4 nitrogen and oxygen atoms in total. The molecular weight excluding hydrogens is 316 g/mol. The first-order chi connectivity index (χ1) is 12.2. The van der Waals surface area contributed by atoms with Gasteiger partial charge in [0.2, 0.25) is 0 Å². The Kier molecular flexibility index (Phi) is 4.90. The van der Waals surface area contributed by atoms with Crippen LogP contribution in [0, 0.1) is 0 Å². The lowest BCUT2D eigenvalue weighted by molar-refractivity contribution is 0.0600. The van der Waals surface area contributed by atoms with E-state index in [-0.39, 0.29) is 5.78 Å². The maximum Gasteiger partial charge on any atom is 0.337 e. The average Bonchev–Trinajstić information content (AvgIpc) is 2.68. The summed E-state index contributed by atoms with van der Waals surface area (Å²) in [5.74, 6) is 0.773. The lowest BCUT2D eigenvalue weighted by Crippen LogP contribution is -2.01. The van der Waals surface area contributed by atoms with Crippen LogP contribution < -0.4 is 4.74 Å². The normalized spacial score (nSPS) is 10.1.